The first-order valence-electron chi connectivity index (χ1n) is 6.32. The molecule has 0 spiro atoms. The third-order valence-electron chi connectivity index (χ3n) is 2.65. The maximum absolute atomic E-state index is 6.09. The SMILES string of the molecule is CCCn1cc(Oc2ncnc(Cl)c2C(C)C)cn1. The van der Waals surface area contributed by atoms with Gasteiger partial charge in [0.15, 0.2) is 5.75 Å². The Labute approximate surface area is 117 Å². The zero-order valence-electron chi connectivity index (χ0n) is 11.3. The molecular formula is C13H17ClN4O. The summed E-state index contributed by atoms with van der Waals surface area (Å²) in [6, 6.07) is 0. The van der Waals surface area contributed by atoms with Gasteiger partial charge in [-0.3, -0.25) is 4.68 Å². The van der Waals surface area contributed by atoms with Gasteiger partial charge in [0.1, 0.15) is 11.5 Å². The molecule has 0 bridgehead atoms. The lowest BCUT2D eigenvalue weighted by molar-refractivity contribution is 0.450. The number of hydrogen-bond donors (Lipinski definition) is 0. The molecule has 0 aliphatic heterocycles. The predicted octanol–water partition coefficient (Wildman–Crippen LogP) is 3.65. The Morgan fingerprint density at radius 2 is 2.16 bits per heavy atom. The summed E-state index contributed by atoms with van der Waals surface area (Å²) in [5, 5.41) is 4.65. The van der Waals surface area contributed by atoms with Crippen molar-refractivity contribution in [3.05, 3.63) is 29.4 Å². The first kappa shape index (κ1) is 13.8. The van der Waals surface area contributed by atoms with Crippen molar-refractivity contribution in [2.24, 2.45) is 0 Å². The minimum absolute atomic E-state index is 0.189. The van der Waals surface area contributed by atoms with E-state index in [0.717, 1.165) is 18.5 Å². The maximum Gasteiger partial charge on any atom is 0.227 e. The average molecular weight is 281 g/mol. The summed E-state index contributed by atoms with van der Waals surface area (Å²) in [6.45, 7) is 7.02. The van der Waals surface area contributed by atoms with Crippen molar-refractivity contribution in [1.82, 2.24) is 19.7 Å². The smallest absolute Gasteiger partial charge is 0.227 e. The number of aromatic nitrogens is 4. The zero-order valence-corrected chi connectivity index (χ0v) is 12.1. The lowest BCUT2D eigenvalue weighted by Gasteiger charge is -2.11. The fourth-order valence-electron chi connectivity index (χ4n) is 1.79. The van der Waals surface area contributed by atoms with Gasteiger partial charge in [-0.2, -0.15) is 5.10 Å². The van der Waals surface area contributed by atoms with E-state index in [9.17, 15) is 0 Å². The minimum Gasteiger partial charge on any atom is -0.435 e. The molecule has 0 saturated carbocycles. The van der Waals surface area contributed by atoms with Crippen LogP contribution >= 0.6 is 11.6 Å². The molecule has 0 unspecified atom stereocenters. The largest absolute Gasteiger partial charge is 0.435 e. The number of ether oxygens (including phenoxy) is 1. The van der Waals surface area contributed by atoms with Gasteiger partial charge in [-0.05, 0) is 12.3 Å². The van der Waals surface area contributed by atoms with Crippen LogP contribution in [0.1, 0.15) is 38.7 Å². The third kappa shape index (κ3) is 3.23. The molecule has 0 aromatic carbocycles. The molecule has 2 aromatic rings. The molecule has 0 aliphatic carbocycles. The van der Waals surface area contributed by atoms with Gasteiger partial charge in [0.05, 0.1) is 18.0 Å². The van der Waals surface area contributed by atoms with E-state index in [1.165, 1.54) is 6.33 Å². The number of nitrogens with zero attached hydrogens (tertiary/aromatic N) is 4. The highest BCUT2D eigenvalue weighted by Crippen LogP contribution is 2.32. The molecule has 2 aromatic heterocycles. The highest BCUT2D eigenvalue weighted by Gasteiger charge is 2.16. The van der Waals surface area contributed by atoms with E-state index in [1.54, 1.807) is 6.20 Å². The third-order valence-corrected chi connectivity index (χ3v) is 2.95. The Morgan fingerprint density at radius 1 is 1.37 bits per heavy atom. The average Bonchev–Trinajstić information content (AvgIpc) is 2.76. The number of hydrogen-bond acceptors (Lipinski definition) is 4. The van der Waals surface area contributed by atoms with Crippen molar-refractivity contribution >= 4 is 11.6 Å². The number of halogens is 1. The lowest BCUT2D eigenvalue weighted by Crippen LogP contribution is -1.99. The monoisotopic (exact) mass is 280 g/mol. The van der Waals surface area contributed by atoms with Crippen molar-refractivity contribution in [2.45, 2.75) is 39.7 Å². The van der Waals surface area contributed by atoms with E-state index >= 15 is 0 Å². The quantitative estimate of drug-likeness (QED) is 0.785. The fourth-order valence-corrected chi connectivity index (χ4v) is 2.13. The fraction of sp³-hybridized carbons (Fsp3) is 0.462. The van der Waals surface area contributed by atoms with Gasteiger partial charge in [0.25, 0.3) is 0 Å². The van der Waals surface area contributed by atoms with E-state index in [4.69, 9.17) is 16.3 Å². The Bertz CT molecular complexity index is 553. The first-order valence-corrected chi connectivity index (χ1v) is 6.70. The van der Waals surface area contributed by atoms with Crippen LogP contribution in [0.4, 0.5) is 0 Å². The molecule has 0 aliphatic rings. The molecule has 0 amide bonds. The van der Waals surface area contributed by atoms with Gasteiger partial charge in [-0.1, -0.05) is 32.4 Å². The molecule has 0 fully saturated rings. The van der Waals surface area contributed by atoms with Crippen LogP contribution in [0.2, 0.25) is 5.15 Å². The summed E-state index contributed by atoms with van der Waals surface area (Å²) in [6.07, 6.45) is 5.96. The molecule has 0 N–H and O–H groups in total. The van der Waals surface area contributed by atoms with E-state index in [2.05, 4.69) is 22.0 Å². The van der Waals surface area contributed by atoms with Crippen LogP contribution in [0.25, 0.3) is 0 Å². The Kier molecular flexibility index (Phi) is 4.37. The molecule has 0 atom stereocenters. The lowest BCUT2D eigenvalue weighted by atomic mass is 10.1. The second-order valence-electron chi connectivity index (χ2n) is 4.58. The second kappa shape index (κ2) is 6.02. The molecule has 5 nitrogen and oxygen atoms in total. The Hall–Kier alpha value is -1.62. The molecule has 6 heteroatoms. The van der Waals surface area contributed by atoms with E-state index in [0.29, 0.717) is 16.8 Å². The molecule has 2 heterocycles. The van der Waals surface area contributed by atoms with Crippen LogP contribution in [-0.4, -0.2) is 19.7 Å². The molecule has 0 radical (unpaired) electrons. The van der Waals surface area contributed by atoms with Crippen LogP contribution in [0, 0.1) is 0 Å². The summed E-state index contributed by atoms with van der Waals surface area (Å²) < 4.78 is 7.60. The maximum atomic E-state index is 6.09. The summed E-state index contributed by atoms with van der Waals surface area (Å²) in [4.78, 5) is 8.15. The zero-order chi connectivity index (χ0) is 13.8. The minimum atomic E-state index is 0.189. The first-order chi connectivity index (χ1) is 9.11. The van der Waals surface area contributed by atoms with E-state index in [-0.39, 0.29) is 5.92 Å². The van der Waals surface area contributed by atoms with Crippen molar-refractivity contribution in [1.29, 1.82) is 0 Å². The van der Waals surface area contributed by atoms with Gasteiger partial charge >= 0.3 is 0 Å². The summed E-state index contributed by atoms with van der Waals surface area (Å²) in [7, 11) is 0. The van der Waals surface area contributed by atoms with Gasteiger partial charge in [-0.25, -0.2) is 9.97 Å². The normalized spacial score (nSPS) is 11.0. The molecule has 2 rings (SSSR count). The highest BCUT2D eigenvalue weighted by atomic mass is 35.5. The topological polar surface area (TPSA) is 52.8 Å². The van der Waals surface area contributed by atoms with Crippen molar-refractivity contribution in [2.75, 3.05) is 0 Å². The van der Waals surface area contributed by atoms with Gasteiger partial charge < -0.3 is 4.74 Å². The predicted molar refractivity (Wildman–Crippen MR) is 73.7 cm³/mol. The molecule has 102 valence electrons. The van der Waals surface area contributed by atoms with Gasteiger partial charge in [0.2, 0.25) is 5.88 Å². The molecule has 19 heavy (non-hydrogen) atoms. The van der Waals surface area contributed by atoms with Gasteiger partial charge in [-0.15, -0.1) is 0 Å². The van der Waals surface area contributed by atoms with Crippen LogP contribution in [0.15, 0.2) is 18.7 Å². The Morgan fingerprint density at radius 3 is 2.84 bits per heavy atom. The van der Waals surface area contributed by atoms with Crippen LogP contribution in [0.3, 0.4) is 0 Å². The van der Waals surface area contributed by atoms with Crippen LogP contribution in [0.5, 0.6) is 11.6 Å². The standard InChI is InChI=1S/C13H17ClN4O/c1-4-5-18-7-10(6-17-18)19-13-11(9(2)3)12(14)15-8-16-13/h6-9H,4-5H2,1-3H3. The summed E-state index contributed by atoms with van der Waals surface area (Å²) in [5.74, 6) is 1.34. The molecule has 0 saturated heterocycles. The molecular weight excluding hydrogens is 264 g/mol. The van der Waals surface area contributed by atoms with E-state index in [1.807, 2.05) is 24.7 Å². The van der Waals surface area contributed by atoms with Crippen molar-refractivity contribution in [3.8, 4) is 11.6 Å². The summed E-state index contributed by atoms with van der Waals surface area (Å²) in [5.41, 5.74) is 0.812. The van der Waals surface area contributed by atoms with Gasteiger partial charge in [0, 0.05) is 6.54 Å². The van der Waals surface area contributed by atoms with E-state index < -0.39 is 0 Å². The number of aryl methyl sites for hydroxylation is 1. The Balaban J connectivity index is 2.25. The second-order valence-corrected chi connectivity index (χ2v) is 4.94. The summed E-state index contributed by atoms with van der Waals surface area (Å²) >= 11 is 6.09. The van der Waals surface area contributed by atoms with Crippen LogP contribution < -0.4 is 4.74 Å². The van der Waals surface area contributed by atoms with Crippen molar-refractivity contribution < 1.29 is 4.74 Å². The number of rotatable bonds is 5. The van der Waals surface area contributed by atoms with Crippen molar-refractivity contribution in [3.63, 3.8) is 0 Å². The van der Waals surface area contributed by atoms with Crippen LogP contribution in [-0.2, 0) is 6.54 Å². The highest BCUT2D eigenvalue weighted by molar-refractivity contribution is 6.30.